The molecule has 6 nitrogen and oxygen atoms in total. The quantitative estimate of drug-likeness (QED) is 0.698. The Morgan fingerprint density at radius 1 is 1.17 bits per heavy atom. The normalized spacial score (nSPS) is 49.0. The molecule has 0 aliphatic heterocycles. The molecule has 4 fully saturated rings. The van der Waals surface area contributed by atoms with Crippen molar-refractivity contribution in [1.29, 1.82) is 0 Å². The van der Waals surface area contributed by atoms with Crippen LogP contribution >= 0.6 is 0 Å². The van der Waals surface area contributed by atoms with Crippen molar-refractivity contribution in [3.05, 3.63) is 0 Å². The molecule has 162 valence electrons. The van der Waals surface area contributed by atoms with Crippen molar-refractivity contribution in [3.63, 3.8) is 0 Å². The van der Waals surface area contributed by atoms with Crippen LogP contribution in [0.15, 0.2) is 0 Å². The SMILES string of the molecule is CC(=O)OCC(=O)[C@@]1(O)CC[C@@H]2[C@@H]3CC[C@@H]4CC(=O)CC[C@]4(C)[C@@H]3[C@H](O)C[C@@]21C. The monoisotopic (exact) mass is 406 g/mol. The Bertz CT molecular complexity index is 733. The van der Waals surface area contributed by atoms with Crippen LogP contribution in [0.25, 0.3) is 0 Å². The second-order valence-electron chi connectivity index (χ2n) is 10.6. The van der Waals surface area contributed by atoms with Gasteiger partial charge in [0.15, 0.2) is 6.61 Å². The van der Waals surface area contributed by atoms with E-state index in [2.05, 4.69) is 6.92 Å². The molecule has 0 saturated heterocycles. The molecule has 0 heterocycles. The van der Waals surface area contributed by atoms with Gasteiger partial charge >= 0.3 is 5.97 Å². The van der Waals surface area contributed by atoms with Gasteiger partial charge in [-0.25, -0.2) is 0 Å². The number of carbonyl (C=O) groups is 3. The molecule has 4 rings (SSSR count). The van der Waals surface area contributed by atoms with Crippen LogP contribution in [0.4, 0.5) is 0 Å². The van der Waals surface area contributed by atoms with E-state index < -0.39 is 35.5 Å². The topological polar surface area (TPSA) is 101 Å². The van der Waals surface area contributed by atoms with Crippen molar-refractivity contribution in [2.24, 2.45) is 34.5 Å². The average Bonchev–Trinajstić information content (AvgIpc) is 2.91. The molecule has 4 aliphatic rings. The third-order valence-corrected chi connectivity index (χ3v) is 9.43. The number of aliphatic hydroxyl groups excluding tert-OH is 1. The number of rotatable bonds is 3. The molecule has 0 unspecified atom stereocenters. The van der Waals surface area contributed by atoms with Crippen molar-refractivity contribution in [1.82, 2.24) is 0 Å². The molecule has 4 aliphatic carbocycles. The maximum absolute atomic E-state index is 12.9. The molecule has 0 aromatic heterocycles. The number of ether oxygens (including phenoxy) is 1. The van der Waals surface area contributed by atoms with Gasteiger partial charge in [0.05, 0.1) is 6.10 Å². The average molecular weight is 407 g/mol. The highest BCUT2D eigenvalue weighted by atomic mass is 16.5. The molecule has 0 aromatic carbocycles. The molecule has 0 bridgehead atoms. The lowest BCUT2D eigenvalue weighted by Crippen LogP contribution is -2.63. The molecular formula is C23H34O6. The first-order valence-electron chi connectivity index (χ1n) is 11.1. The molecule has 0 radical (unpaired) electrons. The Balaban J connectivity index is 1.63. The van der Waals surface area contributed by atoms with Crippen LogP contribution < -0.4 is 0 Å². The Labute approximate surface area is 172 Å². The van der Waals surface area contributed by atoms with Gasteiger partial charge in [0.1, 0.15) is 11.4 Å². The first kappa shape index (κ1) is 21.0. The van der Waals surface area contributed by atoms with Gasteiger partial charge in [-0.15, -0.1) is 0 Å². The second kappa shape index (κ2) is 6.88. The van der Waals surface area contributed by atoms with Gasteiger partial charge in [-0.3, -0.25) is 14.4 Å². The number of carbonyl (C=O) groups excluding carboxylic acids is 3. The molecule has 29 heavy (non-hydrogen) atoms. The molecule has 2 N–H and O–H groups in total. The summed E-state index contributed by atoms with van der Waals surface area (Å²) in [5.41, 5.74) is -2.35. The van der Waals surface area contributed by atoms with Crippen molar-refractivity contribution in [3.8, 4) is 0 Å². The lowest BCUT2D eigenvalue weighted by atomic mass is 9.43. The number of aliphatic hydroxyl groups is 2. The second-order valence-corrected chi connectivity index (χ2v) is 10.6. The zero-order valence-electron chi connectivity index (χ0n) is 17.8. The van der Waals surface area contributed by atoms with E-state index in [-0.39, 0.29) is 23.2 Å². The summed E-state index contributed by atoms with van der Waals surface area (Å²) < 4.78 is 4.89. The van der Waals surface area contributed by atoms with Crippen LogP contribution in [0, 0.1) is 34.5 Å². The summed E-state index contributed by atoms with van der Waals surface area (Å²) in [6, 6.07) is 0. The summed E-state index contributed by atoms with van der Waals surface area (Å²) in [6.07, 6.45) is 4.81. The first-order valence-corrected chi connectivity index (χ1v) is 11.1. The number of fused-ring (bicyclic) bond motifs is 5. The Kier molecular flexibility index (Phi) is 4.97. The van der Waals surface area contributed by atoms with E-state index in [0.29, 0.717) is 37.4 Å². The van der Waals surface area contributed by atoms with E-state index in [4.69, 9.17) is 4.74 Å². The number of hydrogen-bond acceptors (Lipinski definition) is 6. The van der Waals surface area contributed by atoms with Crippen molar-refractivity contribution in [2.45, 2.75) is 83.8 Å². The van der Waals surface area contributed by atoms with Gasteiger partial charge in [0, 0.05) is 25.2 Å². The minimum absolute atomic E-state index is 0.0555. The van der Waals surface area contributed by atoms with Crippen molar-refractivity contribution >= 4 is 17.5 Å². The molecular weight excluding hydrogens is 372 g/mol. The molecule has 4 saturated carbocycles. The Morgan fingerprint density at radius 2 is 1.90 bits per heavy atom. The van der Waals surface area contributed by atoms with Gasteiger partial charge in [-0.1, -0.05) is 13.8 Å². The highest BCUT2D eigenvalue weighted by molar-refractivity contribution is 5.91. The maximum Gasteiger partial charge on any atom is 0.303 e. The third kappa shape index (κ3) is 2.93. The van der Waals surface area contributed by atoms with Crippen LogP contribution in [0.3, 0.4) is 0 Å². The van der Waals surface area contributed by atoms with E-state index in [1.807, 2.05) is 6.92 Å². The Morgan fingerprint density at radius 3 is 2.59 bits per heavy atom. The molecule has 6 heteroatoms. The third-order valence-electron chi connectivity index (χ3n) is 9.43. The highest BCUT2D eigenvalue weighted by Crippen LogP contribution is 2.68. The number of hydrogen-bond donors (Lipinski definition) is 2. The predicted octanol–water partition coefficient (Wildman–Crippen LogP) is 2.43. The fourth-order valence-electron chi connectivity index (χ4n) is 7.92. The molecule has 0 aromatic rings. The van der Waals surface area contributed by atoms with Gasteiger partial charge in [-0.05, 0) is 67.6 Å². The first-order chi connectivity index (χ1) is 13.5. The highest BCUT2D eigenvalue weighted by Gasteiger charge is 2.68. The van der Waals surface area contributed by atoms with Gasteiger partial charge < -0.3 is 14.9 Å². The molecule has 0 amide bonds. The standard InChI is InChI=1S/C23H34O6/c1-13(24)29-12-19(27)23(28)9-7-17-16-5-4-14-10-15(25)6-8-21(14,2)20(16)18(26)11-22(17,23)3/h14,16-18,20,26,28H,4-12H2,1-3H3/t14-,16+,17-,18-,20+,21+,22+,23+/m1/s1. The van der Waals surface area contributed by atoms with Gasteiger partial charge in [0.2, 0.25) is 5.78 Å². The van der Waals surface area contributed by atoms with E-state index >= 15 is 0 Å². The summed E-state index contributed by atoms with van der Waals surface area (Å²) >= 11 is 0. The number of ketones is 2. The summed E-state index contributed by atoms with van der Waals surface area (Å²) in [4.78, 5) is 36.1. The lowest BCUT2D eigenvalue weighted by Gasteiger charge is -2.62. The van der Waals surface area contributed by atoms with E-state index in [1.54, 1.807) is 0 Å². The zero-order valence-corrected chi connectivity index (χ0v) is 17.8. The number of Topliss-reactive ketones (excluding diaryl/α,β-unsaturated/α-hetero) is 2. The van der Waals surface area contributed by atoms with Gasteiger partial charge in [-0.2, -0.15) is 0 Å². The van der Waals surface area contributed by atoms with Gasteiger partial charge in [0.25, 0.3) is 0 Å². The van der Waals surface area contributed by atoms with Crippen LogP contribution in [-0.2, 0) is 19.1 Å². The molecule has 0 spiro atoms. The lowest BCUT2D eigenvalue weighted by molar-refractivity contribution is -0.199. The van der Waals surface area contributed by atoms with E-state index in [1.165, 1.54) is 6.92 Å². The van der Waals surface area contributed by atoms with Crippen LogP contribution in [-0.4, -0.2) is 46.1 Å². The van der Waals surface area contributed by atoms with Crippen LogP contribution in [0.1, 0.15) is 72.1 Å². The summed E-state index contributed by atoms with van der Waals surface area (Å²) in [6.45, 7) is 5.02. The molecule has 8 atom stereocenters. The van der Waals surface area contributed by atoms with E-state index in [9.17, 15) is 24.6 Å². The minimum atomic E-state index is -1.57. The van der Waals surface area contributed by atoms with Crippen LogP contribution in [0.5, 0.6) is 0 Å². The van der Waals surface area contributed by atoms with Crippen LogP contribution in [0.2, 0.25) is 0 Å². The van der Waals surface area contributed by atoms with E-state index in [0.717, 1.165) is 25.7 Å². The summed E-state index contributed by atoms with van der Waals surface area (Å²) in [7, 11) is 0. The zero-order chi connectivity index (χ0) is 21.2. The summed E-state index contributed by atoms with van der Waals surface area (Å²) in [5.74, 6) is 0.182. The fraction of sp³-hybridized carbons (Fsp3) is 0.870. The summed E-state index contributed by atoms with van der Waals surface area (Å²) in [5, 5.41) is 22.8. The predicted molar refractivity (Wildman–Crippen MR) is 105 cm³/mol. The largest absolute Gasteiger partial charge is 0.458 e. The maximum atomic E-state index is 12.9. The van der Waals surface area contributed by atoms with Crippen molar-refractivity contribution < 1.29 is 29.3 Å². The smallest absolute Gasteiger partial charge is 0.303 e. The number of esters is 1. The Hall–Kier alpha value is -1.27. The minimum Gasteiger partial charge on any atom is -0.458 e. The van der Waals surface area contributed by atoms with Crippen molar-refractivity contribution in [2.75, 3.05) is 6.61 Å². The fourth-order valence-corrected chi connectivity index (χ4v) is 7.92.